The van der Waals surface area contributed by atoms with Crippen molar-refractivity contribution in [2.75, 3.05) is 6.54 Å². The van der Waals surface area contributed by atoms with E-state index in [1.54, 1.807) is 0 Å². The fraction of sp³-hybridized carbons (Fsp3) is 0.889. The maximum atomic E-state index is 12.7. The van der Waals surface area contributed by atoms with Gasteiger partial charge in [0.2, 0.25) is 5.91 Å². The van der Waals surface area contributed by atoms with Gasteiger partial charge in [-0.2, -0.15) is 0 Å². The molecule has 0 aliphatic rings. The number of esters is 1. The number of carboxylic acids is 1. The highest BCUT2D eigenvalue weighted by Crippen LogP contribution is 2.17. The smallest absolute Gasteiger partial charge is 0.322 e. The number of amides is 1. The fourth-order valence-electron chi connectivity index (χ4n) is 6.84. The highest BCUT2D eigenvalue weighted by Gasteiger charge is 2.12. The van der Waals surface area contributed by atoms with E-state index < -0.39 is 5.97 Å². The van der Waals surface area contributed by atoms with E-state index in [-0.39, 0.29) is 24.5 Å². The number of rotatable bonds is 41. The topological polar surface area (TPSA) is 92.7 Å². The molecule has 0 rings (SSSR count). The number of unbranched alkanes of at least 4 members (excludes halogenated alkanes) is 30. The molecule has 1 atom stereocenters. The molecule has 6 nitrogen and oxygen atoms in total. The Morgan fingerprint density at radius 2 is 0.882 bits per heavy atom. The van der Waals surface area contributed by atoms with Crippen LogP contribution in [0.1, 0.15) is 245 Å². The molecule has 300 valence electrons. The molecular weight excluding hydrogens is 634 g/mol. The van der Waals surface area contributed by atoms with Crippen molar-refractivity contribution in [3.8, 4) is 0 Å². The molecule has 0 aromatic heterocycles. The van der Waals surface area contributed by atoms with Gasteiger partial charge in [0.25, 0.3) is 0 Å². The second kappa shape index (κ2) is 40.9. The van der Waals surface area contributed by atoms with Gasteiger partial charge in [-0.25, -0.2) is 0 Å². The van der Waals surface area contributed by atoms with Crippen LogP contribution in [-0.4, -0.2) is 35.6 Å². The molecule has 0 aliphatic carbocycles. The third-order valence-corrected chi connectivity index (χ3v) is 10.2. The van der Waals surface area contributed by atoms with Crippen molar-refractivity contribution in [3.05, 3.63) is 12.2 Å². The van der Waals surface area contributed by atoms with Crippen LogP contribution < -0.4 is 5.32 Å². The predicted octanol–water partition coefficient (Wildman–Crippen LogP) is 13.7. The van der Waals surface area contributed by atoms with E-state index in [2.05, 4.69) is 31.3 Å². The van der Waals surface area contributed by atoms with E-state index in [9.17, 15) is 14.4 Å². The first kappa shape index (κ1) is 49.1. The first-order valence-corrected chi connectivity index (χ1v) is 22.3. The standard InChI is InChI=1S/C45H85NO5/c1-3-5-7-9-11-13-14-15-16-17-18-19-20-21-22-24-26-32-36-40-45(50)51-42(37-33-29-25-23-12-10-8-6-4-2)38-34-30-27-28-31-35-39-43(47)46-41-44(48)49/h33,37,42H,3-32,34-36,38-41H2,1-2H3,(H,46,47)(H,48,49)/b37-33-. The molecule has 0 heterocycles. The molecule has 0 aromatic rings. The molecule has 6 heteroatoms. The van der Waals surface area contributed by atoms with Crippen molar-refractivity contribution in [2.45, 2.75) is 251 Å². The number of hydrogen-bond acceptors (Lipinski definition) is 4. The van der Waals surface area contributed by atoms with Crippen molar-refractivity contribution < 1.29 is 24.2 Å². The highest BCUT2D eigenvalue weighted by atomic mass is 16.5. The average molecular weight is 720 g/mol. The van der Waals surface area contributed by atoms with Crippen molar-refractivity contribution in [3.63, 3.8) is 0 Å². The SMILES string of the molecule is CCCCCCCCC/C=C\C(CCCCCCCCC(=O)NCC(=O)O)OC(=O)CCCCCCCCCCCCCCCCCCCCC. The van der Waals surface area contributed by atoms with Crippen LogP contribution in [0.2, 0.25) is 0 Å². The zero-order valence-corrected chi connectivity index (χ0v) is 34.0. The van der Waals surface area contributed by atoms with Gasteiger partial charge in [-0.15, -0.1) is 0 Å². The quantitative estimate of drug-likeness (QED) is 0.0373. The van der Waals surface area contributed by atoms with E-state index in [1.165, 1.54) is 154 Å². The summed E-state index contributed by atoms with van der Waals surface area (Å²) in [5.74, 6) is -1.25. The van der Waals surface area contributed by atoms with Gasteiger partial charge in [-0.05, 0) is 44.6 Å². The maximum absolute atomic E-state index is 12.7. The van der Waals surface area contributed by atoms with Gasteiger partial charge in [-0.3, -0.25) is 14.4 Å². The largest absolute Gasteiger partial charge is 0.480 e. The van der Waals surface area contributed by atoms with Gasteiger partial charge in [0, 0.05) is 12.8 Å². The Bertz CT molecular complexity index is 797. The van der Waals surface area contributed by atoms with Gasteiger partial charge in [0.05, 0.1) is 0 Å². The molecular formula is C45H85NO5. The highest BCUT2D eigenvalue weighted by molar-refractivity contribution is 5.80. The zero-order chi connectivity index (χ0) is 37.3. The summed E-state index contributed by atoms with van der Waals surface area (Å²) in [5, 5.41) is 11.1. The molecule has 1 unspecified atom stereocenters. The van der Waals surface area contributed by atoms with Crippen LogP contribution >= 0.6 is 0 Å². The number of carbonyl (C=O) groups is 3. The number of carbonyl (C=O) groups excluding carboxylic acids is 2. The number of aliphatic carboxylic acids is 1. The lowest BCUT2D eigenvalue weighted by Gasteiger charge is -2.15. The minimum atomic E-state index is -1.01. The average Bonchev–Trinajstić information content (AvgIpc) is 3.11. The molecule has 0 fully saturated rings. The minimum Gasteiger partial charge on any atom is -0.480 e. The Balaban J connectivity index is 4.03. The van der Waals surface area contributed by atoms with Crippen LogP contribution in [0.25, 0.3) is 0 Å². The molecule has 1 amide bonds. The van der Waals surface area contributed by atoms with Gasteiger partial charge >= 0.3 is 11.9 Å². The van der Waals surface area contributed by atoms with Gasteiger partial charge in [0.15, 0.2) is 0 Å². The summed E-state index contributed by atoms with van der Waals surface area (Å²) < 4.78 is 5.96. The first-order valence-electron chi connectivity index (χ1n) is 22.3. The van der Waals surface area contributed by atoms with Crippen molar-refractivity contribution >= 4 is 17.8 Å². The lowest BCUT2D eigenvalue weighted by Crippen LogP contribution is -2.28. The zero-order valence-electron chi connectivity index (χ0n) is 34.0. The molecule has 0 bridgehead atoms. The summed E-state index contributed by atoms with van der Waals surface area (Å²) >= 11 is 0. The Morgan fingerprint density at radius 3 is 1.31 bits per heavy atom. The number of hydrogen-bond donors (Lipinski definition) is 2. The van der Waals surface area contributed by atoms with Gasteiger partial charge in [-0.1, -0.05) is 200 Å². The van der Waals surface area contributed by atoms with E-state index in [0.29, 0.717) is 12.8 Å². The molecule has 0 aromatic carbocycles. The van der Waals surface area contributed by atoms with E-state index in [0.717, 1.165) is 64.2 Å². The summed E-state index contributed by atoms with van der Waals surface area (Å²) in [5.41, 5.74) is 0. The predicted molar refractivity (Wildman–Crippen MR) is 217 cm³/mol. The lowest BCUT2D eigenvalue weighted by molar-refractivity contribution is -0.147. The third kappa shape index (κ3) is 40.8. The number of ether oxygens (including phenoxy) is 1. The molecule has 0 aliphatic heterocycles. The van der Waals surface area contributed by atoms with Gasteiger partial charge in [0.1, 0.15) is 12.6 Å². The monoisotopic (exact) mass is 720 g/mol. The molecule has 0 saturated heterocycles. The van der Waals surface area contributed by atoms with Crippen LogP contribution in [0.15, 0.2) is 12.2 Å². The van der Waals surface area contributed by atoms with Crippen LogP contribution in [0.4, 0.5) is 0 Å². The summed E-state index contributed by atoms with van der Waals surface area (Å²) in [6, 6.07) is 0. The first-order chi connectivity index (χ1) is 25.0. The van der Waals surface area contributed by atoms with E-state index in [4.69, 9.17) is 9.84 Å². The van der Waals surface area contributed by atoms with E-state index in [1.807, 2.05) is 0 Å². The second-order valence-corrected chi connectivity index (χ2v) is 15.3. The van der Waals surface area contributed by atoms with Crippen molar-refractivity contribution in [1.82, 2.24) is 5.32 Å². The minimum absolute atomic E-state index is 0.0475. The Kier molecular flexibility index (Phi) is 39.4. The molecule has 51 heavy (non-hydrogen) atoms. The number of allylic oxidation sites excluding steroid dienone is 1. The Hall–Kier alpha value is -1.85. The van der Waals surface area contributed by atoms with Gasteiger partial charge < -0.3 is 15.2 Å². The van der Waals surface area contributed by atoms with Crippen LogP contribution in [0.5, 0.6) is 0 Å². The number of carboxylic acid groups (broad SMARTS) is 1. The molecule has 0 saturated carbocycles. The summed E-state index contributed by atoms with van der Waals surface area (Å²) in [6.07, 6.45) is 47.9. The fourth-order valence-corrected chi connectivity index (χ4v) is 6.84. The molecule has 0 radical (unpaired) electrons. The molecule has 0 spiro atoms. The summed E-state index contributed by atoms with van der Waals surface area (Å²) in [6.45, 7) is 4.24. The van der Waals surface area contributed by atoms with Crippen LogP contribution in [0.3, 0.4) is 0 Å². The Morgan fingerprint density at radius 1 is 0.510 bits per heavy atom. The Labute approximate surface area is 316 Å². The van der Waals surface area contributed by atoms with Crippen molar-refractivity contribution in [2.24, 2.45) is 0 Å². The van der Waals surface area contributed by atoms with E-state index >= 15 is 0 Å². The lowest BCUT2D eigenvalue weighted by atomic mass is 10.0. The second-order valence-electron chi connectivity index (χ2n) is 15.3. The third-order valence-electron chi connectivity index (χ3n) is 10.2. The van der Waals surface area contributed by atoms with Crippen LogP contribution in [-0.2, 0) is 19.1 Å². The molecule has 2 N–H and O–H groups in total. The summed E-state index contributed by atoms with van der Waals surface area (Å²) in [7, 11) is 0. The maximum Gasteiger partial charge on any atom is 0.322 e. The normalized spacial score (nSPS) is 12.0. The van der Waals surface area contributed by atoms with Crippen LogP contribution in [0, 0.1) is 0 Å². The number of nitrogens with one attached hydrogen (secondary N) is 1. The van der Waals surface area contributed by atoms with Crippen molar-refractivity contribution in [1.29, 1.82) is 0 Å². The summed E-state index contributed by atoms with van der Waals surface area (Å²) in [4.78, 5) is 34.9.